The molecular formula is C26H35N5O4. The summed E-state index contributed by atoms with van der Waals surface area (Å²) >= 11 is 0. The summed E-state index contributed by atoms with van der Waals surface area (Å²) in [4.78, 5) is 44.9. The van der Waals surface area contributed by atoms with Gasteiger partial charge in [0.25, 0.3) is 0 Å². The molecule has 0 radical (unpaired) electrons. The van der Waals surface area contributed by atoms with E-state index in [2.05, 4.69) is 29.9 Å². The van der Waals surface area contributed by atoms with Gasteiger partial charge in [0.05, 0.1) is 11.9 Å². The summed E-state index contributed by atoms with van der Waals surface area (Å²) < 4.78 is 7.91. The third-order valence-corrected chi connectivity index (χ3v) is 7.23. The van der Waals surface area contributed by atoms with Crippen LogP contribution in [0, 0.1) is 5.41 Å². The highest BCUT2D eigenvalue weighted by Gasteiger charge is 2.41. The summed E-state index contributed by atoms with van der Waals surface area (Å²) in [6.45, 7) is 11.6. The number of carbonyl (C=O) groups excluding carboxylic acids is 3. The number of anilines is 1. The SMILES string of the molecule is CC(C)(C)OC(=O)N1CCC(n2cc(C3CC3)c3cc(N4CCC(=O)NC4=O)cnc32)C(C)(C)C1. The highest BCUT2D eigenvalue weighted by molar-refractivity contribution is 6.06. The molecule has 0 spiro atoms. The monoisotopic (exact) mass is 481 g/mol. The molecule has 4 amide bonds. The van der Waals surface area contributed by atoms with Crippen LogP contribution in [-0.2, 0) is 9.53 Å². The van der Waals surface area contributed by atoms with E-state index in [1.165, 1.54) is 5.56 Å². The minimum Gasteiger partial charge on any atom is -0.444 e. The molecule has 2 aromatic heterocycles. The second kappa shape index (κ2) is 8.24. The third-order valence-electron chi connectivity index (χ3n) is 7.23. The second-order valence-electron chi connectivity index (χ2n) is 11.8. The first-order chi connectivity index (χ1) is 16.4. The standard InChI is InChI=1S/C26H35N5O4/c1-25(2,3)35-24(34)29-10-8-20(26(4,5)15-29)31-14-19(16-6-7-16)18-12-17(13-27-22(18)31)30-11-9-21(32)28-23(30)33/h12-14,16,20H,6-11,15H2,1-5H3,(H,28,32,33). The lowest BCUT2D eigenvalue weighted by atomic mass is 9.79. The zero-order valence-electron chi connectivity index (χ0n) is 21.3. The topological polar surface area (TPSA) is 96.8 Å². The van der Waals surface area contributed by atoms with Crippen LogP contribution >= 0.6 is 0 Å². The summed E-state index contributed by atoms with van der Waals surface area (Å²) in [5.74, 6) is 0.266. The normalized spacial score (nSPS) is 22.9. The van der Waals surface area contributed by atoms with E-state index < -0.39 is 11.6 Å². The zero-order chi connectivity index (χ0) is 25.1. The molecule has 1 atom stereocenters. The van der Waals surface area contributed by atoms with E-state index in [-0.39, 0.29) is 29.9 Å². The summed E-state index contributed by atoms with van der Waals surface area (Å²) in [6.07, 6.45) is 7.11. The molecule has 1 aliphatic carbocycles. The number of nitrogens with zero attached hydrogens (tertiary/aromatic N) is 4. The number of hydrogen-bond acceptors (Lipinski definition) is 5. The first kappa shape index (κ1) is 23.6. The largest absolute Gasteiger partial charge is 0.444 e. The fraction of sp³-hybridized carbons (Fsp3) is 0.615. The molecular weight excluding hydrogens is 446 g/mol. The van der Waals surface area contributed by atoms with Gasteiger partial charge in [0, 0.05) is 49.1 Å². The van der Waals surface area contributed by atoms with E-state index in [1.807, 2.05) is 31.7 Å². The second-order valence-corrected chi connectivity index (χ2v) is 11.8. The van der Waals surface area contributed by atoms with E-state index in [9.17, 15) is 14.4 Å². The van der Waals surface area contributed by atoms with Gasteiger partial charge < -0.3 is 14.2 Å². The van der Waals surface area contributed by atoms with Crippen molar-refractivity contribution in [1.29, 1.82) is 0 Å². The Hall–Kier alpha value is -3.10. The van der Waals surface area contributed by atoms with Crippen molar-refractivity contribution in [2.45, 2.75) is 77.9 Å². The van der Waals surface area contributed by atoms with E-state index in [0.29, 0.717) is 31.2 Å². The fourth-order valence-electron chi connectivity index (χ4n) is 5.40. The third kappa shape index (κ3) is 4.60. The van der Waals surface area contributed by atoms with Gasteiger partial charge in [-0.15, -0.1) is 0 Å². The van der Waals surface area contributed by atoms with Crippen LogP contribution in [0.15, 0.2) is 18.5 Å². The minimum atomic E-state index is -0.520. The number of ether oxygens (including phenoxy) is 1. The van der Waals surface area contributed by atoms with Crippen LogP contribution < -0.4 is 10.2 Å². The van der Waals surface area contributed by atoms with Gasteiger partial charge in [-0.1, -0.05) is 13.8 Å². The predicted octanol–water partition coefficient (Wildman–Crippen LogP) is 4.57. The number of imide groups is 1. The van der Waals surface area contributed by atoms with Crippen molar-refractivity contribution in [3.63, 3.8) is 0 Å². The number of nitrogens with one attached hydrogen (secondary N) is 1. The molecule has 2 saturated heterocycles. The number of aromatic nitrogens is 2. The van der Waals surface area contributed by atoms with Gasteiger partial charge in [0.2, 0.25) is 5.91 Å². The van der Waals surface area contributed by atoms with Crippen molar-refractivity contribution in [2.24, 2.45) is 5.41 Å². The Morgan fingerprint density at radius 2 is 1.91 bits per heavy atom. The average molecular weight is 482 g/mol. The average Bonchev–Trinajstić information content (AvgIpc) is 3.53. The Labute approximate surface area is 205 Å². The number of hydrogen-bond donors (Lipinski definition) is 1. The molecule has 1 saturated carbocycles. The number of rotatable bonds is 3. The Kier molecular flexibility index (Phi) is 5.56. The van der Waals surface area contributed by atoms with Crippen LogP contribution in [0.4, 0.5) is 15.3 Å². The Balaban J connectivity index is 1.45. The van der Waals surface area contributed by atoms with Crippen LogP contribution in [0.2, 0.25) is 0 Å². The number of likely N-dealkylation sites (tertiary alicyclic amines) is 1. The molecule has 35 heavy (non-hydrogen) atoms. The maximum Gasteiger partial charge on any atom is 0.410 e. The number of pyridine rings is 1. The highest BCUT2D eigenvalue weighted by atomic mass is 16.6. The Bertz CT molecular complexity index is 1190. The molecule has 3 aliphatic rings. The smallest absolute Gasteiger partial charge is 0.410 e. The van der Waals surface area contributed by atoms with Crippen molar-refractivity contribution in [3.05, 3.63) is 24.0 Å². The molecule has 2 aromatic rings. The van der Waals surface area contributed by atoms with Gasteiger partial charge in [-0.3, -0.25) is 15.0 Å². The number of carbonyl (C=O) groups is 3. The van der Waals surface area contributed by atoms with Crippen molar-refractivity contribution in [1.82, 2.24) is 19.8 Å². The Morgan fingerprint density at radius 3 is 2.54 bits per heavy atom. The number of amides is 4. The number of fused-ring (bicyclic) bond motifs is 1. The molecule has 9 heteroatoms. The van der Waals surface area contributed by atoms with E-state index in [4.69, 9.17) is 9.72 Å². The summed E-state index contributed by atoms with van der Waals surface area (Å²) in [6, 6.07) is 1.82. The van der Waals surface area contributed by atoms with Gasteiger partial charge >= 0.3 is 12.1 Å². The molecule has 9 nitrogen and oxygen atoms in total. The van der Waals surface area contributed by atoms with Crippen molar-refractivity contribution in [2.75, 3.05) is 24.5 Å². The van der Waals surface area contributed by atoms with Crippen molar-refractivity contribution >= 4 is 34.8 Å². The lowest BCUT2D eigenvalue weighted by molar-refractivity contribution is -0.120. The van der Waals surface area contributed by atoms with E-state index in [0.717, 1.165) is 30.3 Å². The lowest BCUT2D eigenvalue weighted by Crippen LogP contribution is -2.50. The first-order valence-corrected chi connectivity index (χ1v) is 12.5. The maximum atomic E-state index is 12.7. The van der Waals surface area contributed by atoms with Gasteiger partial charge in [-0.25, -0.2) is 14.6 Å². The van der Waals surface area contributed by atoms with Gasteiger partial charge in [0.1, 0.15) is 11.2 Å². The van der Waals surface area contributed by atoms with Gasteiger partial charge in [0.15, 0.2) is 0 Å². The molecule has 1 unspecified atom stereocenters. The van der Waals surface area contributed by atoms with Crippen LogP contribution in [0.25, 0.3) is 11.0 Å². The molecule has 5 rings (SSSR count). The van der Waals surface area contributed by atoms with Crippen LogP contribution in [0.5, 0.6) is 0 Å². The van der Waals surface area contributed by atoms with E-state index >= 15 is 0 Å². The minimum absolute atomic E-state index is 0.172. The molecule has 188 valence electrons. The molecule has 1 N–H and O–H groups in total. The molecule has 2 aliphatic heterocycles. The number of piperidine rings is 1. The lowest BCUT2D eigenvalue weighted by Gasteiger charge is -2.45. The maximum absolute atomic E-state index is 12.7. The molecule has 0 bridgehead atoms. The molecule has 0 aromatic carbocycles. The van der Waals surface area contributed by atoms with Crippen molar-refractivity contribution in [3.8, 4) is 0 Å². The van der Waals surface area contributed by atoms with Crippen LogP contribution in [-0.4, -0.2) is 57.7 Å². The first-order valence-electron chi connectivity index (χ1n) is 12.5. The molecule has 4 heterocycles. The fourth-order valence-corrected chi connectivity index (χ4v) is 5.40. The zero-order valence-corrected chi connectivity index (χ0v) is 21.3. The summed E-state index contributed by atoms with van der Waals surface area (Å²) in [5, 5.41) is 3.46. The Morgan fingerprint density at radius 1 is 1.17 bits per heavy atom. The summed E-state index contributed by atoms with van der Waals surface area (Å²) in [5.41, 5.74) is 2.19. The van der Waals surface area contributed by atoms with Crippen LogP contribution in [0.1, 0.15) is 77.8 Å². The summed E-state index contributed by atoms with van der Waals surface area (Å²) in [7, 11) is 0. The van der Waals surface area contributed by atoms with Gasteiger partial charge in [-0.2, -0.15) is 0 Å². The quantitative estimate of drug-likeness (QED) is 0.693. The van der Waals surface area contributed by atoms with Crippen LogP contribution in [0.3, 0.4) is 0 Å². The van der Waals surface area contributed by atoms with E-state index in [1.54, 1.807) is 11.1 Å². The predicted molar refractivity (Wildman–Crippen MR) is 132 cm³/mol. The van der Waals surface area contributed by atoms with Gasteiger partial charge in [-0.05, 0) is 57.6 Å². The van der Waals surface area contributed by atoms with Crippen molar-refractivity contribution < 1.29 is 19.1 Å². The highest BCUT2D eigenvalue weighted by Crippen LogP contribution is 2.47. The molecule has 3 fully saturated rings. The number of urea groups is 1.